The van der Waals surface area contributed by atoms with Gasteiger partial charge < -0.3 is 24.4 Å². The van der Waals surface area contributed by atoms with Crippen LogP contribution in [0.25, 0.3) is 0 Å². The van der Waals surface area contributed by atoms with Gasteiger partial charge in [-0.1, -0.05) is 30.3 Å². The Balaban J connectivity index is 1.47. The zero-order valence-corrected chi connectivity index (χ0v) is 17.1. The predicted molar refractivity (Wildman–Crippen MR) is 110 cm³/mol. The molecule has 5 nitrogen and oxygen atoms in total. The average molecular weight is 398 g/mol. The maximum Gasteiger partial charge on any atom is 0.124 e. The first kappa shape index (κ1) is 20.4. The number of hydrogen-bond acceptors (Lipinski definition) is 5. The van der Waals surface area contributed by atoms with Crippen LogP contribution >= 0.6 is 0 Å². The first-order valence-corrected chi connectivity index (χ1v) is 10.4. The number of aliphatic hydroxyl groups is 2. The van der Waals surface area contributed by atoms with E-state index in [0.29, 0.717) is 13.0 Å². The zero-order valence-electron chi connectivity index (χ0n) is 17.1. The van der Waals surface area contributed by atoms with E-state index in [9.17, 15) is 10.2 Å². The summed E-state index contributed by atoms with van der Waals surface area (Å²) in [6.07, 6.45) is 0.0865. The van der Waals surface area contributed by atoms with Crippen molar-refractivity contribution >= 4 is 0 Å². The molecule has 5 atom stereocenters. The molecular weight excluding hydrogens is 368 g/mol. The summed E-state index contributed by atoms with van der Waals surface area (Å²) in [5.74, 6) is 0.872. The van der Waals surface area contributed by atoms with Crippen LogP contribution in [0.2, 0.25) is 0 Å². The van der Waals surface area contributed by atoms with Crippen LogP contribution < -0.4 is 4.74 Å². The van der Waals surface area contributed by atoms with Crippen LogP contribution in [-0.2, 0) is 15.9 Å². The van der Waals surface area contributed by atoms with Gasteiger partial charge in [-0.15, -0.1) is 0 Å². The van der Waals surface area contributed by atoms with Crippen LogP contribution in [0.5, 0.6) is 5.75 Å². The van der Waals surface area contributed by atoms with E-state index in [1.54, 1.807) is 0 Å². The Morgan fingerprint density at radius 2 is 1.90 bits per heavy atom. The van der Waals surface area contributed by atoms with Crippen molar-refractivity contribution in [1.29, 1.82) is 0 Å². The number of ether oxygens (including phenoxy) is 3. The minimum absolute atomic E-state index is 0.0824. The molecule has 156 valence electrons. The van der Waals surface area contributed by atoms with Crippen LogP contribution in [0, 0.1) is 6.92 Å². The van der Waals surface area contributed by atoms with Crippen molar-refractivity contribution in [2.45, 2.75) is 63.6 Å². The van der Waals surface area contributed by atoms with Crippen molar-refractivity contribution in [1.82, 2.24) is 0 Å². The fourth-order valence-corrected chi connectivity index (χ4v) is 4.11. The van der Waals surface area contributed by atoms with E-state index in [1.165, 1.54) is 16.7 Å². The van der Waals surface area contributed by atoms with E-state index in [0.717, 1.165) is 30.8 Å². The minimum Gasteiger partial charge on any atom is -0.488 e. The highest BCUT2D eigenvalue weighted by molar-refractivity contribution is 5.38. The Hall–Kier alpha value is -1.92. The number of rotatable bonds is 5. The summed E-state index contributed by atoms with van der Waals surface area (Å²) in [6, 6.07) is 14.3. The van der Waals surface area contributed by atoms with Crippen molar-refractivity contribution in [2.24, 2.45) is 0 Å². The van der Waals surface area contributed by atoms with Gasteiger partial charge in [0.15, 0.2) is 0 Å². The second-order valence-corrected chi connectivity index (χ2v) is 8.27. The molecule has 0 bridgehead atoms. The molecule has 4 rings (SSSR count). The van der Waals surface area contributed by atoms with E-state index in [-0.39, 0.29) is 12.2 Å². The molecule has 0 aromatic heterocycles. The topological polar surface area (TPSA) is 68.2 Å². The lowest BCUT2D eigenvalue weighted by Gasteiger charge is -2.36. The fourth-order valence-electron chi connectivity index (χ4n) is 4.11. The highest BCUT2D eigenvalue weighted by atomic mass is 16.5. The van der Waals surface area contributed by atoms with E-state index in [4.69, 9.17) is 14.2 Å². The van der Waals surface area contributed by atoms with E-state index >= 15 is 0 Å². The molecule has 2 aromatic rings. The summed E-state index contributed by atoms with van der Waals surface area (Å²) in [6.45, 7) is 5.45. The van der Waals surface area contributed by atoms with Gasteiger partial charge in [0.25, 0.3) is 0 Å². The SMILES string of the molecule is Cc1ccc(C2OC(C)CC(O)[C@H]2O)cc1Cc1ccc(OC2CCOC2)cc1. The predicted octanol–water partition coefficient (Wildman–Crippen LogP) is 3.33. The molecule has 2 saturated heterocycles. The van der Waals surface area contributed by atoms with Gasteiger partial charge in [-0.25, -0.2) is 0 Å². The molecule has 2 fully saturated rings. The summed E-state index contributed by atoms with van der Waals surface area (Å²) in [7, 11) is 0. The van der Waals surface area contributed by atoms with Gasteiger partial charge in [0.1, 0.15) is 24.1 Å². The maximum atomic E-state index is 10.4. The summed E-state index contributed by atoms with van der Waals surface area (Å²) in [4.78, 5) is 0. The third-order valence-corrected chi connectivity index (χ3v) is 5.87. The Kier molecular flexibility index (Phi) is 6.20. The molecule has 29 heavy (non-hydrogen) atoms. The molecule has 2 aromatic carbocycles. The molecule has 0 aliphatic carbocycles. The maximum absolute atomic E-state index is 10.4. The van der Waals surface area contributed by atoms with Crippen LogP contribution in [-0.4, -0.2) is 47.8 Å². The lowest BCUT2D eigenvalue weighted by atomic mass is 9.90. The van der Waals surface area contributed by atoms with Gasteiger partial charge in [-0.3, -0.25) is 0 Å². The molecule has 0 spiro atoms. The third-order valence-electron chi connectivity index (χ3n) is 5.87. The Labute approximate surface area is 172 Å². The smallest absolute Gasteiger partial charge is 0.124 e. The highest BCUT2D eigenvalue weighted by Crippen LogP contribution is 2.33. The quantitative estimate of drug-likeness (QED) is 0.809. The fraction of sp³-hybridized carbons (Fsp3) is 0.500. The second-order valence-electron chi connectivity index (χ2n) is 8.27. The van der Waals surface area contributed by atoms with E-state index in [2.05, 4.69) is 31.2 Å². The number of benzene rings is 2. The molecule has 2 aliphatic rings. The monoisotopic (exact) mass is 398 g/mol. The molecule has 2 N–H and O–H groups in total. The van der Waals surface area contributed by atoms with Crippen molar-refractivity contribution in [3.05, 3.63) is 64.7 Å². The second kappa shape index (κ2) is 8.84. The third kappa shape index (κ3) is 4.81. The largest absolute Gasteiger partial charge is 0.488 e. The molecule has 2 aliphatic heterocycles. The summed E-state index contributed by atoms with van der Waals surface area (Å²) in [5.41, 5.74) is 4.48. The molecule has 4 unspecified atom stereocenters. The Morgan fingerprint density at radius 1 is 1.10 bits per heavy atom. The molecular formula is C24H30O5. The van der Waals surface area contributed by atoms with Gasteiger partial charge in [0.05, 0.1) is 25.4 Å². The summed E-state index contributed by atoms with van der Waals surface area (Å²) < 4.78 is 17.2. The van der Waals surface area contributed by atoms with Crippen LogP contribution in [0.15, 0.2) is 42.5 Å². The average Bonchev–Trinajstić information content (AvgIpc) is 3.21. The van der Waals surface area contributed by atoms with Crippen molar-refractivity contribution in [3.8, 4) is 5.75 Å². The summed E-state index contributed by atoms with van der Waals surface area (Å²) in [5, 5.41) is 20.5. The molecule has 0 saturated carbocycles. The van der Waals surface area contributed by atoms with Gasteiger partial charge >= 0.3 is 0 Å². The molecule has 5 heteroatoms. The molecule has 0 radical (unpaired) electrons. The molecule has 2 heterocycles. The van der Waals surface area contributed by atoms with Crippen LogP contribution in [0.1, 0.15) is 48.1 Å². The summed E-state index contributed by atoms with van der Waals surface area (Å²) >= 11 is 0. The zero-order chi connectivity index (χ0) is 20.4. The minimum atomic E-state index is -0.905. The highest BCUT2D eigenvalue weighted by Gasteiger charge is 2.36. The van der Waals surface area contributed by atoms with Crippen LogP contribution in [0.3, 0.4) is 0 Å². The van der Waals surface area contributed by atoms with E-state index in [1.807, 2.05) is 25.1 Å². The van der Waals surface area contributed by atoms with Gasteiger partial charge in [-0.05, 0) is 54.7 Å². The van der Waals surface area contributed by atoms with Gasteiger partial charge in [0, 0.05) is 12.8 Å². The molecule has 0 amide bonds. The van der Waals surface area contributed by atoms with Crippen molar-refractivity contribution in [3.63, 3.8) is 0 Å². The van der Waals surface area contributed by atoms with Gasteiger partial charge in [-0.2, -0.15) is 0 Å². The Morgan fingerprint density at radius 3 is 2.62 bits per heavy atom. The standard InChI is InChI=1S/C24H30O5/c1-15-3-6-18(24-23(26)22(25)11-16(2)28-24)13-19(15)12-17-4-7-20(8-5-17)29-21-9-10-27-14-21/h3-8,13,16,21-26H,9-12,14H2,1-2H3/t16?,21?,22?,23-,24?/m1/s1. The lowest BCUT2D eigenvalue weighted by Crippen LogP contribution is -2.42. The number of aliphatic hydroxyl groups excluding tert-OH is 2. The van der Waals surface area contributed by atoms with Crippen LogP contribution in [0.4, 0.5) is 0 Å². The first-order chi connectivity index (χ1) is 14.0. The van der Waals surface area contributed by atoms with Crippen molar-refractivity contribution < 1.29 is 24.4 Å². The first-order valence-electron chi connectivity index (χ1n) is 10.4. The lowest BCUT2D eigenvalue weighted by molar-refractivity contribution is -0.166. The normalized spacial score (nSPS) is 29.7. The number of hydrogen-bond donors (Lipinski definition) is 2. The van der Waals surface area contributed by atoms with Gasteiger partial charge in [0.2, 0.25) is 0 Å². The van der Waals surface area contributed by atoms with Crippen molar-refractivity contribution in [2.75, 3.05) is 13.2 Å². The number of aryl methyl sites for hydroxylation is 1. The van der Waals surface area contributed by atoms with E-state index < -0.39 is 18.3 Å². The Bertz CT molecular complexity index is 813.